The van der Waals surface area contributed by atoms with Crippen molar-refractivity contribution < 1.29 is 13.9 Å². The van der Waals surface area contributed by atoms with Gasteiger partial charge in [-0.2, -0.15) is 0 Å². The van der Waals surface area contributed by atoms with Gasteiger partial charge in [0, 0.05) is 23.7 Å². The fourth-order valence-electron chi connectivity index (χ4n) is 2.66. The number of piperidine rings is 1. The molecular formula is C15H20BrFN2O2. The van der Waals surface area contributed by atoms with E-state index in [4.69, 9.17) is 4.74 Å². The second-order valence-corrected chi connectivity index (χ2v) is 6.30. The molecular weight excluding hydrogens is 339 g/mol. The number of methoxy groups -OCH3 is 1. The lowest BCUT2D eigenvalue weighted by Crippen LogP contribution is -2.50. The zero-order valence-electron chi connectivity index (χ0n) is 12.0. The monoisotopic (exact) mass is 358 g/mol. The van der Waals surface area contributed by atoms with Gasteiger partial charge >= 0.3 is 0 Å². The highest BCUT2D eigenvalue weighted by Crippen LogP contribution is 2.29. The number of halogens is 2. The van der Waals surface area contributed by atoms with Crippen molar-refractivity contribution in [2.24, 2.45) is 5.41 Å². The minimum absolute atomic E-state index is 0.0646. The Morgan fingerprint density at radius 2 is 2.19 bits per heavy atom. The predicted octanol–water partition coefficient (Wildman–Crippen LogP) is 2.22. The molecule has 0 unspecified atom stereocenters. The van der Waals surface area contributed by atoms with Crippen molar-refractivity contribution >= 4 is 21.8 Å². The van der Waals surface area contributed by atoms with E-state index in [1.165, 1.54) is 6.07 Å². The quantitative estimate of drug-likeness (QED) is 0.848. The van der Waals surface area contributed by atoms with Gasteiger partial charge in [-0.3, -0.25) is 4.79 Å². The van der Waals surface area contributed by atoms with E-state index in [9.17, 15) is 9.18 Å². The smallest absolute Gasteiger partial charge is 0.228 e. The standard InChI is InChI=1S/C15H20BrFN2O2/c1-21-10-15(4-6-18-7-5-15)14(20)19-9-11-8-12(16)2-3-13(11)17/h2-3,8,18H,4-7,9-10H2,1H3,(H,19,20). The summed E-state index contributed by atoms with van der Waals surface area (Å²) in [4.78, 5) is 12.5. The first kappa shape index (κ1) is 16.4. The van der Waals surface area contributed by atoms with Crippen LogP contribution in [0.1, 0.15) is 18.4 Å². The van der Waals surface area contributed by atoms with Crippen LogP contribution in [-0.2, 0) is 16.1 Å². The molecule has 0 bridgehead atoms. The minimum atomic E-state index is -0.511. The zero-order valence-corrected chi connectivity index (χ0v) is 13.6. The number of carbonyl (C=O) groups is 1. The van der Waals surface area contributed by atoms with Gasteiger partial charge in [0.1, 0.15) is 5.82 Å². The Labute approximate surface area is 132 Å². The summed E-state index contributed by atoms with van der Waals surface area (Å²) in [6, 6.07) is 4.71. The Morgan fingerprint density at radius 3 is 2.86 bits per heavy atom. The first-order valence-corrected chi connectivity index (χ1v) is 7.78. The molecule has 4 nitrogen and oxygen atoms in total. The van der Waals surface area contributed by atoms with Crippen LogP contribution in [0.25, 0.3) is 0 Å². The largest absolute Gasteiger partial charge is 0.384 e. The van der Waals surface area contributed by atoms with E-state index >= 15 is 0 Å². The van der Waals surface area contributed by atoms with Crippen molar-refractivity contribution in [1.29, 1.82) is 0 Å². The molecule has 1 aliphatic rings. The van der Waals surface area contributed by atoms with Crippen LogP contribution in [0.3, 0.4) is 0 Å². The average Bonchev–Trinajstić information content (AvgIpc) is 2.49. The Balaban J connectivity index is 2.03. The molecule has 2 rings (SSSR count). The first-order valence-electron chi connectivity index (χ1n) is 6.99. The Bertz CT molecular complexity index is 499. The number of hydrogen-bond acceptors (Lipinski definition) is 3. The van der Waals surface area contributed by atoms with Crippen LogP contribution in [0, 0.1) is 11.2 Å². The lowest BCUT2D eigenvalue weighted by atomic mass is 9.78. The van der Waals surface area contributed by atoms with Crippen molar-refractivity contribution in [2.45, 2.75) is 19.4 Å². The molecule has 1 fully saturated rings. The van der Waals surface area contributed by atoms with Crippen molar-refractivity contribution in [1.82, 2.24) is 10.6 Å². The van der Waals surface area contributed by atoms with E-state index in [0.29, 0.717) is 12.2 Å². The summed E-state index contributed by atoms with van der Waals surface area (Å²) in [5.74, 6) is -0.380. The molecule has 1 aromatic rings. The van der Waals surface area contributed by atoms with E-state index in [1.54, 1.807) is 19.2 Å². The van der Waals surface area contributed by atoms with Crippen LogP contribution < -0.4 is 10.6 Å². The van der Waals surface area contributed by atoms with Crippen molar-refractivity contribution in [3.05, 3.63) is 34.1 Å². The van der Waals surface area contributed by atoms with Crippen LogP contribution in [-0.4, -0.2) is 32.7 Å². The fourth-order valence-corrected chi connectivity index (χ4v) is 3.07. The highest BCUT2D eigenvalue weighted by Gasteiger charge is 2.39. The summed E-state index contributed by atoms with van der Waals surface area (Å²) in [6.45, 7) is 2.16. The molecule has 0 saturated carbocycles. The Hall–Kier alpha value is -0.980. The highest BCUT2D eigenvalue weighted by molar-refractivity contribution is 9.10. The molecule has 116 valence electrons. The zero-order chi connectivity index (χ0) is 15.3. The van der Waals surface area contributed by atoms with E-state index in [1.807, 2.05) is 0 Å². The molecule has 0 radical (unpaired) electrons. The van der Waals surface area contributed by atoms with Crippen LogP contribution in [0.2, 0.25) is 0 Å². The SMILES string of the molecule is COCC1(C(=O)NCc2cc(Br)ccc2F)CCNCC1. The summed E-state index contributed by atoms with van der Waals surface area (Å²) in [6.07, 6.45) is 1.46. The van der Waals surface area contributed by atoms with E-state index in [-0.39, 0.29) is 18.3 Å². The first-order chi connectivity index (χ1) is 10.1. The molecule has 0 atom stereocenters. The summed E-state index contributed by atoms with van der Waals surface area (Å²) in [5, 5.41) is 6.10. The van der Waals surface area contributed by atoms with Gasteiger partial charge in [0.15, 0.2) is 0 Å². The van der Waals surface area contributed by atoms with Crippen LogP contribution in [0.4, 0.5) is 4.39 Å². The van der Waals surface area contributed by atoms with Gasteiger partial charge in [-0.1, -0.05) is 15.9 Å². The van der Waals surface area contributed by atoms with Crippen molar-refractivity contribution in [3.63, 3.8) is 0 Å². The maximum Gasteiger partial charge on any atom is 0.228 e. The summed E-state index contributed by atoms with van der Waals surface area (Å²) >= 11 is 3.31. The minimum Gasteiger partial charge on any atom is -0.384 e. The number of benzene rings is 1. The number of rotatable bonds is 5. The van der Waals surface area contributed by atoms with E-state index < -0.39 is 5.41 Å². The summed E-state index contributed by atoms with van der Waals surface area (Å²) in [7, 11) is 1.60. The van der Waals surface area contributed by atoms with Gasteiger partial charge in [-0.15, -0.1) is 0 Å². The Morgan fingerprint density at radius 1 is 1.48 bits per heavy atom. The van der Waals surface area contributed by atoms with Gasteiger partial charge < -0.3 is 15.4 Å². The van der Waals surface area contributed by atoms with Gasteiger partial charge in [-0.05, 0) is 44.1 Å². The predicted molar refractivity (Wildman–Crippen MR) is 82.4 cm³/mol. The van der Waals surface area contributed by atoms with Crippen LogP contribution in [0.5, 0.6) is 0 Å². The van der Waals surface area contributed by atoms with Gasteiger partial charge in [0.2, 0.25) is 5.91 Å². The molecule has 1 aliphatic heterocycles. The average molecular weight is 359 g/mol. The third kappa shape index (κ3) is 4.02. The number of hydrogen-bond donors (Lipinski definition) is 2. The lowest BCUT2D eigenvalue weighted by Gasteiger charge is -2.35. The van der Waals surface area contributed by atoms with Gasteiger partial charge in [0.25, 0.3) is 0 Å². The molecule has 1 aromatic carbocycles. The molecule has 0 aromatic heterocycles. The molecule has 1 saturated heterocycles. The van der Waals surface area contributed by atoms with Crippen molar-refractivity contribution in [3.8, 4) is 0 Å². The normalized spacial score (nSPS) is 17.5. The molecule has 6 heteroatoms. The fraction of sp³-hybridized carbons (Fsp3) is 0.533. The molecule has 1 heterocycles. The lowest BCUT2D eigenvalue weighted by molar-refractivity contribution is -0.136. The number of carbonyl (C=O) groups excluding carboxylic acids is 1. The molecule has 0 aliphatic carbocycles. The summed E-state index contributed by atoms with van der Waals surface area (Å²) < 4.78 is 19.7. The van der Waals surface area contributed by atoms with Crippen LogP contribution >= 0.6 is 15.9 Å². The van der Waals surface area contributed by atoms with E-state index in [0.717, 1.165) is 30.4 Å². The van der Waals surface area contributed by atoms with Gasteiger partial charge in [0.05, 0.1) is 12.0 Å². The highest BCUT2D eigenvalue weighted by atomic mass is 79.9. The molecule has 2 N–H and O–H groups in total. The third-order valence-electron chi connectivity index (χ3n) is 3.91. The van der Waals surface area contributed by atoms with E-state index in [2.05, 4.69) is 26.6 Å². The number of ether oxygens (including phenoxy) is 1. The molecule has 21 heavy (non-hydrogen) atoms. The second kappa shape index (κ2) is 7.33. The number of amides is 1. The molecule has 0 spiro atoms. The van der Waals surface area contributed by atoms with Crippen molar-refractivity contribution in [2.75, 3.05) is 26.8 Å². The summed E-state index contributed by atoms with van der Waals surface area (Å²) in [5.41, 5.74) is -0.0399. The maximum absolute atomic E-state index is 13.7. The van der Waals surface area contributed by atoms with Gasteiger partial charge in [-0.25, -0.2) is 4.39 Å². The maximum atomic E-state index is 13.7. The molecule has 1 amide bonds. The van der Waals surface area contributed by atoms with Crippen LogP contribution in [0.15, 0.2) is 22.7 Å². The third-order valence-corrected chi connectivity index (χ3v) is 4.40. The second-order valence-electron chi connectivity index (χ2n) is 5.38. The Kier molecular flexibility index (Phi) is 5.72. The number of nitrogens with one attached hydrogen (secondary N) is 2. The topological polar surface area (TPSA) is 50.4 Å².